The Kier molecular flexibility index (Phi) is 8.39. The van der Waals surface area contributed by atoms with Crippen LogP contribution < -0.4 is 10.6 Å². The highest BCUT2D eigenvalue weighted by atomic mass is 16.6. The number of amides is 3. The molecule has 1 fully saturated rings. The van der Waals surface area contributed by atoms with Crippen LogP contribution in [0.25, 0.3) is 0 Å². The van der Waals surface area contributed by atoms with Crippen molar-refractivity contribution >= 4 is 23.6 Å². The molecule has 9 heteroatoms. The maximum atomic E-state index is 13.1. The Labute approximate surface area is 193 Å². The molecule has 0 aliphatic carbocycles. The molecule has 176 valence electrons. The molecule has 0 spiro atoms. The van der Waals surface area contributed by atoms with Crippen LogP contribution in [0.5, 0.6) is 0 Å². The third kappa shape index (κ3) is 6.30. The van der Waals surface area contributed by atoms with E-state index in [1.807, 2.05) is 31.2 Å². The smallest absolute Gasteiger partial charge is 0.411 e. The Bertz CT molecular complexity index is 961. The lowest BCUT2D eigenvalue weighted by molar-refractivity contribution is -0.126. The molecule has 1 saturated heterocycles. The average Bonchev–Trinajstić information content (AvgIpc) is 3.12. The Morgan fingerprint density at radius 3 is 2.36 bits per heavy atom. The number of anilines is 1. The minimum absolute atomic E-state index is 0.0559. The highest BCUT2D eigenvalue weighted by Crippen LogP contribution is 2.34. The van der Waals surface area contributed by atoms with Gasteiger partial charge in [0.05, 0.1) is 13.2 Å². The summed E-state index contributed by atoms with van der Waals surface area (Å²) in [4.78, 5) is 39.0. The molecule has 0 aromatic heterocycles. The summed E-state index contributed by atoms with van der Waals surface area (Å²) in [7, 11) is 2.99. The van der Waals surface area contributed by atoms with E-state index in [0.29, 0.717) is 24.4 Å². The van der Waals surface area contributed by atoms with Crippen molar-refractivity contribution < 1.29 is 28.6 Å². The van der Waals surface area contributed by atoms with Gasteiger partial charge in [0, 0.05) is 26.5 Å². The number of methoxy groups -OCH3 is 2. The van der Waals surface area contributed by atoms with E-state index in [-0.39, 0.29) is 25.0 Å². The van der Waals surface area contributed by atoms with Crippen LogP contribution in [0.4, 0.5) is 10.5 Å². The molecule has 2 aromatic rings. The monoisotopic (exact) mass is 455 g/mol. The molecule has 3 rings (SSSR count). The predicted octanol–water partition coefficient (Wildman–Crippen LogP) is 2.40. The number of hydrogen-bond donors (Lipinski definition) is 2. The van der Waals surface area contributed by atoms with Gasteiger partial charge in [-0.2, -0.15) is 0 Å². The summed E-state index contributed by atoms with van der Waals surface area (Å²) in [6, 6.07) is 13.7. The quantitative estimate of drug-likeness (QED) is 0.533. The van der Waals surface area contributed by atoms with Gasteiger partial charge in [0.25, 0.3) is 0 Å². The Morgan fingerprint density at radius 1 is 1.03 bits per heavy atom. The standard InChI is InChI=1S/C24H29N3O6/c1-16-4-6-17(7-5-16)14-27-21(23(29)25-12-13-31-2)22(33-24(27)30)18-8-10-19(11-9-18)26-20(28)15-32-3/h4-11,21-22H,12-15H2,1-3H3,(H,25,29)(H,26,28). The minimum Gasteiger partial charge on any atom is -0.438 e. The van der Waals surface area contributed by atoms with Crippen molar-refractivity contribution in [3.8, 4) is 0 Å². The van der Waals surface area contributed by atoms with Gasteiger partial charge in [0.2, 0.25) is 11.8 Å². The lowest BCUT2D eigenvalue weighted by Crippen LogP contribution is -2.47. The van der Waals surface area contributed by atoms with Crippen molar-refractivity contribution in [2.24, 2.45) is 0 Å². The number of aryl methyl sites for hydroxylation is 1. The van der Waals surface area contributed by atoms with Crippen LogP contribution in [-0.2, 0) is 30.3 Å². The fourth-order valence-corrected chi connectivity index (χ4v) is 3.57. The third-order valence-corrected chi connectivity index (χ3v) is 5.23. The van der Waals surface area contributed by atoms with Crippen LogP contribution in [0, 0.1) is 6.92 Å². The first-order valence-corrected chi connectivity index (χ1v) is 10.6. The SMILES string of the molecule is COCCNC(=O)C1C(c2ccc(NC(=O)COC)cc2)OC(=O)N1Cc1ccc(C)cc1. The van der Waals surface area contributed by atoms with Gasteiger partial charge < -0.3 is 24.8 Å². The van der Waals surface area contributed by atoms with E-state index >= 15 is 0 Å². The van der Waals surface area contributed by atoms with Crippen molar-refractivity contribution in [1.82, 2.24) is 10.2 Å². The number of cyclic esters (lactones) is 1. The predicted molar refractivity (Wildman–Crippen MR) is 122 cm³/mol. The topological polar surface area (TPSA) is 106 Å². The Morgan fingerprint density at radius 2 is 1.73 bits per heavy atom. The molecule has 2 N–H and O–H groups in total. The van der Waals surface area contributed by atoms with Gasteiger partial charge in [-0.25, -0.2) is 4.79 Å². The molecule has 1 aliphatic rings. The molecule has 1 heterocycles. The molecule has 0 saturated carbocycles. The van der Waals surface area contributed by atoms with E-state index < -0.39 is 18.2 Å². The molecule has 0 bridgehead atoms. The van der Waals surface area contributed by atoms with Crippen molar-refractivity contribution in [3.05, 3.63) is 65.2 Å². The first-order chi connectivity index (χ1) is 15.9. The van der Waals surface area contributed by atoms with E-state index in [0.717, 1.165) is 11.1 Å². The Balaban J connectivity index is 1.82. The molecular formula is C24H29N3O6. The number of carbonyl (C=O) groups excluding carboxylic acids is 3. The lowest BCUT2D eigenvalue weighted by Gasteiger charge is -2.24. The van der Waals surface area contributed by atoms with Crippen LogP contribution in [0.3, 0.4) is 0 Å². The van der Waals surface area contributed by atoms with E-state index in [4.69, 9.17) is 14.2 Å². The zero-order valence-electron chi connectivity index (χ0n) is 19.0. The minimum atomic E-state index is -0.857. The number of rotatable bonds is 10. The number of ether oxygens (including phenoxy) is 3. The first kappa shape index (κ1) is 24.2. The van der Waals surface area contributed by atoms with Crippen LogP contribution in [-0.4, -0.2) is 62.8 Å². The Hall–Kier alpha value is -3.43. The molecule has 2 aromatic carbocycles. The van der Waals surface area contributed by atoms with Crippen LogP contribution >= 0.6 is 0 Å². The van der Waals surface area contributed by atoms with Gasteiger partial charge in [-0.1, -0.05) is 42.0 Å². The third-order valence-electron chi connectivity index (χ3n) is 5.23. The molecule has 9 nitrogen and oxygen atoms in total. The van der Waals surface area contributed by atoms with Gasteiger partial charge >= 0.3 is 6.09 Å². The number of hydrogen-bond acceptors (Lipinski definition) is 6. The summed E-state index contributed by atoms with van der Waals surface area (Å²) >= 11 is 0. The second-order valence-corrected chi connectivity index (χ2v) is 7.75. The summed E-state index contributed by atoms with van der Waals surface area (Å²) in [5.74, 6) is -0.607. The van der Waals surface area contributed by atoms with Crippen LogP contribution in [0.1, 0.15) is 22.8 Å². The molecule has 1 aliphatic heterocycles. The van der Waals surface area contributed by atoms with E-state index in [1.54, 1.807) is 31.4 Å². The molecule has 3 amide bonds. The van der Waals surface area contributed by atoms with Gasteiger partial charge in [-0.05, 0) is 30.2 Å². The van der Waals surface area contributed by atoms with Crippen LogP contribution in [0.15, 0.2) is 48.5 Å². The number of nitrogens with one attached hydrogen (secondary N) is 2. The van der Waals surface area contributed by atoms with E-state index in [2.05, 4.69) is 10.6 Å². The van der Waals surface area contributed by atoms with Gasteiger partial charge in [0.1, 0.15) is 6.61 Å². The normalized spacial score (nSPS) is 17.5. The first-order valence-electron chi connectivity index (χ1n) is 10.6. The van der Waals surface area contributed by atoms with Gasteiger partial charge in [0.15, 0.2) is 12.1 Å². The maximum Gasteiger partial charge on any atom is 0.411 e. The molecule has 0 radical (unpaired) electrons. The number of nitrogens with zero attached hydrogens (tertiary/aromatic N) is 1. The summed E-state index contributed by atoms with van der Waals surface area (Å²) in [6.07, 6.45) is -1.36. The van der Waals surface area contributed by atoms with Crippen molar-refractivity contribution in [1.29, 1.82) is 0 Å². The number of carbonyl (C=O) groups is 3. The van der Waals surface area contributed by atoms with Crippen molar-refractivity contribution in [3.63, 3.8) is 0 Å². The fraction of sp³-hybridized carbons (Fsp3) is 0.375. The second kappa shape index (κ2) is 11.4. The van der Waals surface area contributed by atoms with E-state index in [9.17, 15) is 14.4 Å². The molecular weight excluding hydrogens is 426 g/mol. The number of benzene rings is 2. The largest absolute Gasteiger partial charge is 0.438 e. The summed E-state index contributed by atoms with van der Waals surface area (Å²) in [6.45, 7) is 2.83. The lowest BCUT2D eigenvalue weighted by atomic mass is 10.00. The van der Waals surface area contributed by atoms with Crippen LogP contribution in [0.2, 0.25) is 0 Å². The highest BCUT2D eigenvalue weighted by molar-refractivity contribution is 5.92. The zero-order valence-corrected chi connectivity index (χ0v) is 19.0. The molecule has 2 atom stereocenters. The molecule has 33 heavy (non-hydrogen) atoms. The average molecular weight is 456 g/mol. The zero-order chi connectivity index (χ0) is 23.8. The summed E-state index contributed by atoms with van der Waals surface area (Å²) < 4.78 is 15.5. The molecule has 2 unspecified atom stereocenters. The van der Waals surface area contributed by atoms with Crippen molar-refractivity contribution in [2.75, 3.05) is 39.3 Å². The van der Waals surface area contributed by atoms with Crippen molar-refractivity contribution in [2.45, 2.75) is 25.6 Å². The fourth-order valence-electron chi connectivity index (χ4n) is 3.57. The summed E-state index contributed by atoms with van der Waals surface area (Å²) in [5, 5.41) is 5.52. The van der Waals surface area contributed by atoms with Gasteiger partial charge in [-0.15, -0.1) is 0 Å². The van der Waals surface area contributed by atoms with Gasteiger partial charge in [-0.3, -0.25) is 14.5 Å². The summed E-state index contributed by atoms with van der Waals surface area (Å²) in [5.41, 5.74) is 3.21. The maximum absolute atomic E-state index is 13.1. The van der Waals surface area contributed by atoms with E-state index in [1.165, 1.54) is 12.0 Å². The highest BCUT2D eigenvalue weighted by Gasteiger charge is 2.46. The second-order valence-electron chi connectivity index (χ2n) is 7.75.